The zero-order valence-corrected chi connectivity index (χ0v) is 16.5. The van der Waals surface area contributed by atoms with Crippen LogP contribution in [0.25, 0.3) is 10.9 Å². The number of hydrogen-bond acceptors (Lipinski definition) is 4. The lowest BCUT2D eigenvalue weighted by Crippen LogP contribution is -2.27. The third kappa shape index (κ3) is 3.60. The number of nitrogens with zero attached hydrogens (tertiary/aromatic N) is 1. The molecule has 0 saturated carbocycles. The third-order valence-corrected chi connectivity index (χ3v) is 6.40. The Bertz CT molecular complexity index is 739. The number of nitrogens with one attached hydrogen (secondary N) is 2. The molecule has 1 aromatic heterocycles. The highest BCUT2D eigenvalue weighted by atomic mass is 127. The Labute approximate surface area is 160 Å². The molecule has 128 valence electrons. The smallest absolute Gasteiger partial charge is 0.114 e. The molecule has 1 fully saturated rings. The van der Waals surface area contributed by atoms with Crippen LogP contribution in [0.5, 0.6) is 0 Å². The van der Waals surface area contributed by atoms with Crippen molar-refractivity contribution < 1.29 is 4.74 Å². The number of alkyl halides is 1. The van der Waals surface area contributed by atoms with Gasteiger partial charge in [0, 0.05) is 34.8 Å². The molecule has 0 amide bonds. The number of anilines is 1. The van der Waals surface area contributed by atoms with E-state index >= 15 is 0 Å². The number of aromatic amines is 1. The van der Waals surface area contributed by atoms with E-state index in [1.807, 2.05) is 11.8 Å². The number of benzene rings is 1. The fourth-order valence-electron chi connectivity index (χ4n) is 3.29. The van der Waals surface area contributed by atoms with Crippen molar-refractivity contribution in [1.29, 1.82) is 0 Å². The molecule has 2 N–H and O–H groups in total. The molecular weight excluding hydrogens is 433 g/mol. The molecule has 2 aromatic rings. The summed E-state index contributed by atoms with van der Waals surface area (Å²) in [5, 5.41) is 6.12. The number of fused-ring (bicyclic) bond motifs is 1. The van der Waals surface area contributed by atoms with Crippen molar-refractivity contribution in [3.05, 3.63) is 30.0 Å². The quantitative estimate of drug-likeness (QED) is 0.518. The Morgan fingerprint density at radius 1 is 1.33 bits per heavy atom. The minimum Gasteiger partial charge on any atom is -0.381 e. The number of aromatic nitrogens is 1. The van der Waals surface area contributed by atoms with Crippen LogP contribution in [-0.2, 0) is 4.74 Å². The first kappa shape index (κ1) is 16.7. The van der Waals surface area contributed by atoms with Crippen LogP contribution >= 0.6 is 34.4 Å². The molecular formula is C18H22IN3OS. The van der Waals surface area contributed by atoms with E-state index in [2.05, 4.69) is 57.2 Å². The maximum absolute atomic E-state index is 5.46. The summed E-state index contributed by atoms with van der Waals surface area (Å²) in [5.41, 5.74) is 3.55. The lowest BCUT2D eigenvalue weighted by atomic mass is 10.1. The van der Waals surface area contributed by atoms with Crippen molar-refractivity contribution in [2.45, 2.75) is 31.3 Å². The van der Waals surface area contributed by atoms with Gasteiger partial charge in [-0.15, -0.1) is 11.8 Å². The minimum absolute atomic E-state index is 0.480. The molecule has 0 unspecified atom stereocenters. The topological polar surface area (TPSA) is 49.4 Å². The van der Waals surface area contributed by atoms with E-state index in [0.717, 1.165) is 42.5 Å². The van der Waals surface area contributed by atoms with E-state index in [1.165, 1.54) is 27.4 Å². The van der Waals surface area contributed by atoms with Crippen molar-refractivity contribution in [3.63, 3.8) is 0 Å². The van der Waals surface area contributed by atoms with Crippen LogP contribution in [0.15, 0.2) is 29.3 Å². The van der Waals surface area contributed by atoms with Gasteiger partial charge in [-0.05, 0) is 31.4 Å². The summed E-state index contributed by atoms with van der Waals surface area (Å²) in [6, 6.07) is 9.69. The van der Waals surface area contributed by atoms with Crippen LogP contribution in [-0.4, -0.2) is 45.5 Å². The molecule has 6 heteroatoms. The van der Waals surface area contributed by atoms with Crippen LogP contribution in [0.2, 0.25) is 0 Å². The maximum Gasteiger partial charge on any atom is 0.114 e. The number of rotatable bonds is 5. The van der Waals surface area contributed by atoms with Gasteiger partial charge in [0.05, 0.1) is 22.9 Å². The van der Waals surface area contributed by atoms with Crippen LogP contribution in [0.4, 0.5) is 5.69 Å². The predicted octanol–water partition coefficient (Wildman–Crippen LogP) is 4.45. The molecule has 1 atom stereocenters. The lowest BCUT2D eigenvalue weighted by Gasteiger charge is -2.24. The van der Waals surface area contributed by atoms with Crippen molar-refractivity contribution in [1.82, 2.24) is 4.98 Å². The summed E-state index contributed by atoms with van der Waals surface area (Å²) in [6.45, 7) is 1.71. The molecule has 4 nitrogen and oxygen atoms in total. The van der Waals surface area contributed by atoms with Crippen LogP contribution in [0.1, 0.15) is 25.0 Å². The summed E-state index contributed by atoms with van der Waals surface area (Å²) in [4.78, 5) is 8.51. The van der Waals surface area contributed by atoms with Gasteiger partial charge >= 0.3 is 0 Å². The number of para-hydroxylation sites is 1. The molecule has 24 heavy (non-hydrogen) atoms. The summed E-state index contributed by atoms with van der Waals surface area (Å²) in [7, 11) is 0. The third-order valence-electron chi connectivity index (χ3n) is 4.62. The van der Waals surface area contributed by atoms with Crippen molar-refractivity contribution in [2.24, 2.45) is 4.99 Å². The van der Waals surface area contributed by atoms with Crippen LogP contribution < -0.4 is 5.32 Å². The molecule has 0 spiro atoms. The number of hydrogen-bond donors (Lipinski definition) is 2. The Kier molecular flexibility index (Phi) is 5.34. The number of ether oxygens (including phenoxy) is 1. The van der Waals surface area contributed by atoms with Gasteiger partial charge in [-0.1, -0.05) is 34.7 Å². The van der Waals surface area contributed by atoms with E-state index in [-0.39, 0.29) is 0 Å². The first-order valence-corrected chi connectivity index (χ1v) is 11.1. The van der Waals surface area contributed by atoms with Crippen molar-refractivity contribution >= 4 is 56.0 Å². The van der Waals surface area contributed by atoms with E-state index in [9.17, 15) is 0 Å². The first-order chi connectivity index (χ1) is 11.8. The van der Waals surface area contributed by atoms with Gasteiger partial charge in [0.2, 0.25) is 0 Å². The van der Waals surface area contributed by atoms with Gasteiger partial charge in [0.15, 0.2) is 0 Å². The lowest BCUT2D eigenvalue weighted by molar-refractivity contribution is 0.0905. The van der Waals surface area contributed by atoms with E-state index in [4.69, 9.17) is 9.73 Å². The van der Waals surface area contributed by atoms with Crippen LogP contribution in [0.3, 0.4) is 0 Å². The summed E-state index contributed by atoms with van der Waals surface area (Å²) in [5.74, 6) is 1.11. The van der Waals surface area contributed by atoms with Gasteiger partial charge in [0.1, 0.15) is 5.04 Å². The average Bonchev–Trinajstić information content (AvgIpc) is 3.23. The molecule has 2 aliphatic rings. The van der Waals surface area contributed by atoms with Crippen molar-refractivity contribution in [3.8, 4) is 0 Å². The Balaban J connectivity index is 1.59. The number of halogens is 1. The summed E-state index contributed by atoms with van der Waals surface area (Å²) in [6.07, 6.45) is 3.32. The highest BCUT2D eigenvalue weighted by Crippen LogP contribution is 2.30. The summed E-state index contributed by atoms with van der Waals surface area (Å²) < 4.78 is 6.63. The average molecular weight is 455 g/mol. The Morgan fingerprint density at radius 2 is 2.21 bits per heavy atom. The number of H-pyrrole nitrogens is 1. The normalized spacial score (nSPS) is 22.0. The molecule has 0 aliphatic carbocycles. The van der Waals surface area contributed by atoms with Gasteiger partial charge in [-0.2, -0.15) is 0 Å². The van der Waals surface area contributed by atoms with Crippen molar-refractivity contribution in [2.75, 3.05) is 28.7 Å². The molecule has 2 aliphatic heterocycles. The molecule has 1 aromatic carbocycles. The molecule has 1 saturated heterocycles. The SMILES string of the molecule is ICC[C@@H]1CSC(c2cc3cccc(NC4CCOCC4)c3[nH]2)=N1. The van der Waals surface area contributed by atoms with E-state index < -0.39 is 0 Å². The van der Waals surface area contributed by atoms with Gasteiger partial charge in [0.25, 0.3) is 0 Å². The monoisotopic (exact) mass is 455 g/mol. The van der Waals surface area contributed by atoms with Crippen LogP contribution in [0, 0.1) is 0 Å². The largest absolute Gasteiger partial charge is 0.381 e. The highest BCUT2D eigenvalue weighted by molar-refractivity contribution is 14.1. The first-order valence-electron chi connectivity index (χ1n) is 8.56. The molecule has 0 radical (unpaired) electrons. The second-order valence-electron chi connectivity index (χ2n) is 6.36. The predicted molar refractivity (Wildman–Crippen MR) is 112 cm³/mol. The second kappa shape index (κ2) is 7.66. The number of thioether (sulfide) groups is 1. The van der Waals surface area contributed by atoms with Gasteiger partial charge in [-0.3, -0.25) is 4.99 Å². The second-order valence-corrected chi connectivity index (χ2v) is 8.45. The van der Waals surface area contributed by atoms with E-state index in [0.29, 0.717) is 12.1 Å². The molecule has 3 heterocycles. The van der Waals surface area contributed by atoms with Gasteiger partial charge in [-0.25, -0.2) is 0 Å². The number of aliphatic imine (C=N–C) groups is 1. The zero-order valence-electron chi connectivity index (χ0n) is 13.6. The minimum atomic E-state index is 0.480. The Morgan fingerprint density at radius 3 is 3.04 bits per heavy atom. The summed E-state index contributed by atoms with van der Waals surface area (Å²) >= 11 is 4.32. The Hall–Kier alpha value is -0.730. The standard InChI is InChI=1S/C18H22IN3OS/c19-7-4-14-11-24-18(21-14)16-10-12-2-1-3-15(17(12)22-16)20-13-5-8-23-9-6-13/h1-3,10,13-14,20,22H,4-9,11H2/t14-/m1/s1. The fraction of sp³-hybridized carbons (Fsp3) is 0.500. The molecule has 0 bridgehead atoms. The zero-order chi connectivity index (χ0) is 16.4. The highest BCUT2D eigenvalue weighted by Gasteiger charge is 2.21. The maximum atomic E-state index is 5.46. The van der Waals surface area contributed by atoms with Gasteiger partial charge < -0.3 is 15.0 Å². The fourth-order valence-corrected chi connectivity index (χ4v) is 5.09. The van der Waals surface area contributed by atoms with E-state index in [1.54, 1.807) is 0 Å². The molecule has 4 rings (SSSR count).